The average Bonchev–Trinajstić information content (AvgIpc) is 3.18. The van der Waals surface area contributed by atoms with E-state index in [-0.39, 0.29) is 6.04 Å². The molecule has 0 aliphatic heterocycles. The van der Waals surface area contributed by atoms with Gasteiger partial charge in [-0.2, -0.15) is 0 Å². The van der Waals surface area contributed by atoms with E-state index in [1.54, 1.807) is 11.0 Å². The van der Waals surface area contributed by atoms with Crippen LogP contribution in [0.15, 0.2) is 91.3 Å². The highest BCUT2D eigenvalue weighted by atomic mass is 15.5. The van der Waals surface area contributed by atoms with Crippen LogP contribution < -0.4 is 0 Å². The summed E-state index contributed by atoms with van der Waals surface area (Å²) in [4.78, 5) is 0. The first kappa shape index (κ1) is 14.3. The lowest BCUT2D eigenvalue weighted by atomic mass is 9.96. The molecule has 4 aromatic rings. The van der Waals surface area contributed by atoms with Gasteiger partial charge in [-0.1, -0.05) is 84.9 Å². The van der Waals surface area contributed by atoms with Gasteiger partial charge in [-0.05, 0) is 32.7 Å². The molecule has 0 fully saturated rings. The molecule has 1 heterocycles. The number of hydrogen-bond acceptors (Lipinski definition) is 3. The van der Waals surface area contributed by atoms with Crippen LogP contribution in [0.4, 0.5) is 0 Å². The summed E-state index contributed by atoms with van der Waals surface area (Å²) in [5, 5.41) is 11.7. The van der Waals surface area contributed by atoms with Crippen molar-refractivity contribution in [3.05, 3.63) is 102 Å². The van der Waals surface area contributed by atoms with Gasteiger partial charge in [-0.3, -0.25) is 0 Å². The number of rotatable bonds is 4. The molecule has 0 spiro atoms. The van der Waals surface area contributed by atoms with Crippen LogP contribution in [0.25, 0.3) is 11.1 Å². The molecule has 1 atom stereocenters. The third-order valence-corrected chi connectivity index (χ3v) is 4.08. The van der Waals surface area contributed by atoms with Gasteiger partial charge in [0.05, 0.1) is 0 Å². The van der Waals surface area contributed by atoms with Gasteiger partial charge in [0.1, 0.15) is 12.4 Å². The smallest absolute Gasteiger partial charge is 0.139 e. The molecule has 1 aromatic heterocycles. The van der Waals surface area contributed by atoms with Gasteiger partial charge in [0.25, 0.3) is 0 Å². The fourth-order valence-corrected chi connectivity index (χ4v) is 2.91. The van der Waals surface area contributed by atoms with Crippen LogP contribution in [0.3, 0.4) is 0 Å². The minimum absolute atomic E-state index is 0.0361. The Morgan fingerprint density at radius 3 is 1.83 bits per heavy atom. The zero-order chi connectivity index (χ0) is 16.2. The molecule has 4 heteroatoms. The lowest BCUT2D eigenvalue weighted by Gasteiger charge is -2.17. The Balaban J connectivity index is 1.74. The monoisotopic (exact) mass is 312 g/mol. The van der Waals surface area contributed by atoms with Crippen molar-refractivity contribution in [1.29, 1.82) is 0 Å². The summed E-state index contributed by atoms with van der Waals surface area (Å²) in [6.45, 7) is 0. The molecule has 0 aliphatic rings. The summed E-state index contributed by atoms with van der Waals surface area (Å²) in [6.07, 6.45) is 1.66. The van der Waals surface area contributed by atoms with E-state index in [9.17, 15) is 0 Å². The normalized spacial score (nSPS) is 12.0. The highest BCUT2D eigenvalue weighted by Gasteiger charge is 2.17. The first-order valence-electron chi connectivity index (χ1n) is 7.84. The van der Waals surface area contributed by atoms with Crippen LogP contribution >= 0.6 is 0 Å². The van der Waals surface area contributed by atoms with E-state index in [4.69, 9.17) is 0 Å². The number of nitrogens with zero attached hydrogens (tertiary/aromatic N) is 4. The van der Waals surface area contributed by atoms with E-state index < -0.39 is 0 Å². The zero-order valence-corrected chi connectivity index (χ0v) is 13.0. The first-order chi connectivity index (χ1) is 11.9. The number of aromatic nitrogens is 4. The van der Waals surface area contributed by atoms with Gasteiger partial charge in [0.15, 0.2) is 0 Å². The molecule has 116 valence electrons. The van der Waals surface area contributed by atoms with Crippen LogP contribution in [0.5, 0.6) is 0 Å². The van der Waals surface area contributed by atoms with Crippen LogP contribution in [0.1, 0.15) is 17.2 Å². The Labute approximate surface area is 140 Å². The Morgan fingerprint density at radius 1 is 0.625 bits per heavy atom. The molecule has 4 rings (SSSR count). The van der Waals surface area contributed by atoms with E-state index in [1.807, 2.05) is 24.3 Å². The quantitative estimate of drug-likeness (QED) is 0.572. The van der Waals surface area contributed by atoms with Crippen LogP contribution in [-0.2, 0) is 0 Å². The molecular formula is C20H16N4. The van der Waals surface area contributed by atoms with Gasteiger partial charge in [0, 0.05) is 0 Å². The fourth-order valence-electron chi connectivity index (χ4n) is 2.91. The Hall–Kier alpha value is -3.27. The second-order valence-electron chi connectivity index (χ2n) is 5.59. The summed E-state index contributed by atoms with van der Waals surface area (Å²) >= 11 is 0. The Morgan fingerprint density at radius 2 is 1.21 bits per heavy atom. The van der Waals surface area contributed by atoms with Gasteiger partial charge in [-0.25, -0.2) is 4.68 Å². The van der Waals surface area contributed by atoms with Crippen molar-refractivity contribution in [1.82, 2.24) is 20.2 Å². The number of benzene rings is 3. The van der Waals surface area contributed by atoms with Crippen molar-refractivity contribution in [3.63, 3.8) is 0 Å². The van der Waals surface area contributed by atoms with Crippen LogP contribution in [0.2, 0.25) is 0 Å². The second-order valence-corrected chi connectivity index (χ2v) is 5.59. The first-order valence-corrected chi connectivity index (χ1v) is 7.84. The maximum Gasteiger partial charge on any atom is 0.139 e. The van der Waals surface area contributed by atoms with Crippen LogP contribution in [-0.4, -0.2) is 20.2 Å². The fraction of sp³-hybridized carbons (Fsp3) is 0.0500. The highest BCUT2D eigenvalue weighted by molar-refractivity contribution is 5.63. The summed E-state index contributed by atoms with van der Waals surface area (Å²) in [5.41, 5.74) is 4.70. The molecule has 3 aromatic carbocycles. The standard InChI is InChI=1S/C20H16N4/c1-3-7-16(8-4-1)17-11-13-19(14-12-17)20(24-15-21-22-23-24)18-9-5-2-6-10-18/h1-15,20H. The molecule has 0 saturated carbocycles. The van der Waals surface area contributed by atoms with Gasteiger partial charge in [-0.15, -0.1) is 5.10 Å². The average molecular weight is 312 g/mol. The predicted octanol–water partition coefficient (Wildman–Crippen LogP) is 3.98. The van der Waals surface area contributed by atoms with Crippen molar-refractivity contribution in [2.24, 2.45) is 0 Å². The minimum atomic E-state index is -0.0361. The van der Waals surface area contributed by atoms with E-state index in [0.717, 1.165) is 11.1 Å². The largest absolute Gasteiger partial charge is 0.221 e. The summed E-state index contributed by atoms with van der Waals surface area (Å²) in [5.74, 6) is 0. The minimum Gasteiger partial charge on any atom is -0.221 e. The summed E-state index contributed by atoms with van der Waals surface area (Å²) < 4.78 is 1.78. The SMILES string of the molecule is c1ccc(-c2ccc(C(c3ccccc3)n3cnnn3)cc2)cc1. The highest BCUT2D eigenvalue weighted by Crippen LogP contribution is 2.28. The maximum absolute atomic E-state index is 4.11. The molecule has 0 N–H and O–H groups in total. The molecule has 1 unspecified atom stereocenters. The summed E-state index contributed by atoms with van der Waals surface area (Å²) in [6, 6.07) is 29.2. The zero-order valence-electron chi connectivity index (χ0n) is 13.0. The van der Waals surface area contributed by atoms with E-state index in [1.165, 1.54) is 11.1 Å². The van der Waals surface area contributed by atoms with Gasteiger partial charge < -0.3 is 0 Å². The van der Waals surface area contributed by atoms with E-state index in [0.29, 0.717) is 0 Å². The number of hydrogen-bond donors (Lipinski definition) is 0. The molecule has 0 saturated heterocycles. The van der Waals surface area contributed by atoms with Crippen LogP contribution in [0, 0.1) is 0 Å². The van der Waals surface area contributed by atoms with Crippen molar-refractivity contribution in [2.75, 3.05) is 0 Å². The Bertz CT molecular complexity index is 886. The Kier molecular flexibility index (Phi) is 3.86. The maximum atomic E-state index is 4.11. The molecule has 24 heavy (non-hydrogen) atoms. The molecule has 0 radical (unpaired) electrons. The lowest BCUT2D eigenvalue weighted by molar-refractivity contribution is 0.571. The third-order valence-electron chi connectivity index (χ3n) is 4.08. The molecule has 0 aliphatic carbocycles. The predicted molar refractivity (Wildman–Crippen MR) is 93.4 cm³/mol. The van der Waals surface area contributed by atoms with E-state index >= 15 is 0 Å². The molecular weight excluding hydrogens is 296 g/mol. The second kappa shape index (κ2) is 6.46. The van der Waals surface area contributed by atoms with Gasteiger partial charge >= 0.3 is 0 Å². The third kappa shape index (κ3) is 2.82. The molecule has 4 nitrogen and oxygen atoms in total. The van der Waals surface area contributed by atoms with E-state index in [2.05, 4.69) is 76.2 Å². The topological polar surface area (TPSA) is 43.6 Å². The lowest BCUT2D eigenvalue weighted by Crippen LogP contribution is -2.13. The molecule has 0 amide bonds. The van der Waals surface area contributed by atoms with Gasteiger partial charge in [0.2, 0.25) is 0 Å². The summed E-state index contributed by atoms with van der Waals surface area (Å²) in [7, 11) is 0. The van der Waals surface area contributed by atoms with Crippen molar-refractivity contribution >= 4 is 0 Å². The van der Waals surface area contributed by atoms with Crippen molar-refractivity contribution < 1.29 is 0 Å². The van der Waals surface area contributed by atoms with Crippen molar-refractivity contribution in [2.45, 2.75) is 6.04 Å². The van der Waals surface area contributed by atoms with Crippen molar-refractivity contribution in [3.8, 4) is 11.1 Å². The molecule has 0 bridgehead atoms. The number of tetrazole rings is 1.